The Kier molecular flexibility index (Phi) is 8.27. The second-order valence-electron chi connectivity index (χ2n) is 5.54. The van der Waals surface area contributed by atoms with Crippen LogP contribution in [0.25, 0.3) is 0 Å². The number of likely N-dealkylation sites (tertiary alicyclic amines) is 1. The summed E-state index contributed by atoms with van der Waals surface area (Å²) in [5.41, 5.74) is 16.3. The molecule has 0 aromatic carbocycles. The summed E-state index contributed by atoms with van der Waals surface area (Å²) in [5.74, 6) is -0.0364. The molecule has 0 unspecified atom stereocenters. The van der Waals surface area contributed by atoms with Crippen LogP contribution in [0, 0.1) is 0 Å². The first-order chi connectivity index (χ1) is 10.5. The second kappa shape index (κ2) is 9.99. The number of hydrogen-bond donors (Lipinski definition) is 4. The predicted molar refractivity (Wildman–Crippen MR) is 85.9 cm³/mol. The average molecular weight is 312 g/mol. The lowest BCUT2D eigenvalue weighted by molar-refractivity contribution is -0.131. The Morgan fingerprint density at radius 1 is 1.18 bits per heavy atom. The highest BCUT2D eigenvalue weighted by Gasteiger charge is 2.22. The molecule has 1 atom stereocenters. The van der Waals surface area contributed by atoms with Crippen molar-refractivity contribution in [2.75, 3.05) is 26.2 Å². The Morgan fingerprint density at radius 2 is 1.86 bits per heavy atom. The van der Waals surface area contributed by atoms with Crippen LogP contribution in [-0.2, 0) is 9.59 Å². The number of nitrogens with one attached hydrogen (secondary N) is 1. The van der Waals surface area contributed by atoms with Gasteiger partial charge in [-0.15, -0.1) is 0 Å². The van der Waals surface area contributed by atoms with Crippen molar-refractivity contribution in [1.29, 1.82) is 0 Å². The summed E-state index contributed by atoms with van der Waals surface area (Å²) in [4.78, 5) is 29.0. The highest BCUT2D eigenvalue weighted by Crippen LogP contribution is 2.10. The molecule has 0 bridgehead atoms. The van der Waals surface area contributed by atoms with Gasteiger partial charge in [0.05, 0.1) is 12.6 Å². The zero-order valence-electron chi connectivity index (χ0n) is 13.1. The van der Waals surface area contributed by atoms with Gasteiger partial charge in [0.2, 0.25) is 11.8 Å². The van der Waals surface area contributed by atoms with Gasteiger partial charge < -0.3 is 27.4 Å². The number of nitrogens with two attached hydrogens (primary N) is 3. The number of rotatable bonds is 9. The lowest BCUT2D eigenvalue weighted by atomic mass is 10.1. The van der Waals surface area contributed by atoms with Crippen molar-refractivity contribution in [1.82, 2.24) is 10.2 Å². The molecule has 0 radical (unpaired) electrons. The van der Waals surface area contributed by atoms with Crippen LogP contribution in [0.5, 0.6) is 0 Å². The molecule has 7 N–H and O–H groups in total. The van der Waals surface area contributed by atoms with Crippen LogP contribution in [0.2, 0.25) is 0 Å². The van der Waals surface area contributed by atoms with Crippen molar-refractivity contribution in [2.24, 2.45) is 22.2 Å². The molecule has 126 valence electrons. The molecule has 1 aliphatic rings. The largest absolute Gasteiger partial charge is 0.370 e. The van der Waals surface area contributed by atoms with E-state index < -0.39 is 6.04 Å². The minimum absolute atomic E-state index is 0.00976. The van der Waals surface area contributed by atoms with Gasteiger partial charge in [-0.25, -0.2) is 0 Å². The third-order valence-electron chi connectivity index (χ3n) is 3.63. The molecule has 0 aromatic rings. The fourth-order valence-electron chi connectivity index (χ4n) is 2.39. The Hall–Kier alpha value is -1.83. The average Bonchev–Trinajstić information content (AvgIpc) is 2.99. The molecule has 8 heteroatoms. The first-order valence-corrected chi connectivity index (χ1v) is 7.87. The smallest absolute Gasteiger partial charge is 0.239 e. The van der Waals surface area contributed by atoms with Gasteiger partial charge in [0.25, 0.3) is 0 Å². The Morgan fingerprint density at radius 3 is 2.50 bits per heavy atom. The molecule has 1 aliphatic heterocycles. The van der Waals surface area contributed by atoms with E-state index in [2.05, 4.69) is 10.3 Å². The quantitative estimate of drug-likeness (QED) is 0.243. The first-order valence-electron chi connectivity index (χ1n) is 7.87. The Balaban J connectivity index is 2.03. The van der Waals surface area contributed by atoms with Gasteiger partial charge >= 0.3 is 0 Å². The van der Waals surface area contributed by atoms with Crippen LogP contribution in [0.1, 0.15) is 38.5 Å². The van der Waals surface area contributed by atoms with Gasteiger partial charge in [-0.3, -0.25) is 14.6 Å². The third-order valence-corrected chi connectivity index (χ3v) is 3.63. The van der Waals surface area contributed by atoms with Gasteiger partial charge in [0.1, 0.15) is 0 Å². The number of carbonyl (C=O) groups is 2. The van der Waals surface area contributed by atoms with E-state index in [4.69, 9.17) is 17.2 Å². The second-order valence-corrected chi connectivity index (χ2v) is 5.54. The number of carbonyl (C=O) groups excluding carboxylic acids is 2. The van der Waals surface area contributed by atoms with Crippen LogP contribution in [-0.4, -0.2) is 54.9 Å². The summed E-state index contributed by atoms with van der Waals surface area (Å²) < 4.78 is 0. The van der Waals surface area contributed by atoms with E-state index in [1.165, 1.54) is 0 Å². The first kappa shape index (κ1) is 18.2. The van der Waals surface area contributed by atoms with Crippen molar-refractivity contribution in [3.8, 4) is 0 Å². The van der Waals surface area contributed by atoms with E-state index in [9.17, 15) is 9.59 Å². The van der Waals surface area contributed by atoms with Crippen LogP contribution >= 0.6 is 0 Å². The maximum atomic E-state index is 12.0. The minimum atomic E-state index is -0.421. The van der Waals surface area contributed by atoms with E-state index in [-0.39, 0.29) is 24.2 Å². The van der Waals surface area contributed by atoms with Crippen molar-refractivity contribution < 1.29 is 9.59 Å². The van der Waals surface area contributed by atoms with Crippen LogP contribution in [0.3, 0.4) is 0 Å². The molecule has 0 aliphatic carbocycles. The predicted octanol–water partition coefficient (Wildman–Crippen LogP) is -1.11. The van der Waals surface area contributed by atoms with Crippen molar-refractivity contribution >= 4 is 17.8 Å². The number of nitrogens with zero attached hydrogens (tertiary/aromatic N) is 2. The van der Waals surface area contributed by atoms with Crippen molar-refractivity contribution in [2.45, 2.75) is 44.6 Å². The molecule has 0 aromatic heterocycles. The normalized spacial score (nSPS) is 15.4. The summed E-state index contributed by atoms with van der Waals surface area (Å²) in [6, 6.07) is -0.421. The van der Waals surface area contributed by atoms with Gasteiger partial charge in [0.15, 0.2) is 5.96 Å². The summed E-state index contributed by atoms with van der Waals surface area (Å²) in [5, 5.41) is 2.79. The standard InChI is InChI=1S/C14H28N6O2/c15-11(13(22)20-9-3-4-10-20)5-1-2-7-18-12(21)6-8-19-14(16)17/h11H,1-10,15H2,(H,18,21)(H4,16,17,19)/t11-/m0/s1. The fourth-order valence-corrected chi connectivity index (χ4v) is 2.39. The van der Waals surface area contributed by atoms with E-state index in [0.717, 1.165) is 38.8 Å². The van der Waals surface area contributed by atoms with Gasteiger partial charge in [-0.05, 0) is 32.1 Å². The molecule has 8 nitrogen and oxygen atoms in total. The number of hydrogen-bond acceptors (Lipinski definition) is 4. The number of aliphatic imine (C=N–C) groups is 1. The SMILES string of the molecule is NC(N)=NCCC(=O)NCCCC[C@H](N)C(=O)N1CCCC1. The van der Waals surface area contributed by atoms with E-state index in [0.29, 0.717) is 19.5 Å². The third kappa shape index (κ3) is 7.26. The fraction of sp³-hybridized carbons (Fsp3) is 0.786. The summed E-state index contributed by atoms with van der Waals surface area (Å²) in [6.45, 7) is 2.53. The van der Waals surface area contributed by atoms with Crippen LogP contribution < -0.4 is 22.5 Å². The zero-order valence-corrected chi connectivity index (χ0v) is 13.1. The molecule has 1 heterocycles. The zero-order chi connectivity index (χ0) is 16.4. The molecule has 0 saturated carbocycles. The maximum Gasteiger partial charge on any atom is 0.239 e. The number of amides is 2. The van der Waals surface area contributed by atoms with Crippen molar-refractivity contribution in [3.05, 3.63) is 0 Å². The molecule has 0 spiro atoms. The molecule has 1 saturated heterocycles. The van der Waals surface area contributed by atoms with E-state index >= 15 is 0 Å². The van der Waals surface area contributed by atoms with Crippen molar-refractivity contribution in [3.63, 3.8) is 0 Å². The van der Waals surface area contributed by atoms with Gasteiger partial charge in [0, 0.05) is 26.1 Å². The molecule has 22 heavy (non-hydrogen) atoms. The Bertz CT molecular complexity index is 389. The van der Waals surface area contributed by atoms with E-state index in [1.54, 1.807) is 0 Å². The monoisotopic (exact) mass is 312 g/mol. The molecular weight excluding hydrogens is 284 g/mol. The maximum absolute atomic E-state index is 12.0. The molecule has 1 rings (SSSR count). The highest BCUT2D eigenvalue weighted by atomic mass is 16.2. The lowest BCUT2D eigenvalue weighted by Crippen LogP contribution is -2.42. The number of unbranched alkanes of at least 4 members (excludes halogenated alkanes) is 1. The highest BCUT2D eigenvalue weighted by molar-refractivity contribution is 5.81. The summed E-state index contributed by atoms with van der Waals surface area (Å²) in [7, 11) is 0. The minimum Gasteiger partial charge on any atom is -0.370 e. The molecule has 2 amide bonds. The van der Waals surface area contributed by atoms with E-state index in [1.807, 2.05) is 4.90 Å². The topological polar surface area (TPSA) is 140 Å². The van der Waals surface area contributed by atoms with Gasteiger partial charge in [-0.2, -0.15) is 0 Å². The van der Waals surface area contributed by atoms with Crippen LogP contribution in [0.4, 0.5) is 0 Å². The molecular formula is C14H28N6O2. The molecule has 1 fully saturated rings. The summed E-state index contributed by atoms with van der Waals surface area (Å²) in [6.07, 6.45) is 4.68. The Labute approximate surface area is 131 Å². The summed E-state index contributed by atoms with van der Waals surface area (Å²) >= 11 is 0. The number of guanidine groups is 1. The lowest BCUT2D eigenvalue weighted by Gasteiger charge is -2.20. The van der Waals surface area contributed by atoms with Crippen LogP contribution in [0.15, 0.2) is 4.99 Å². The van der Waals surface area contributed by atoms with Gasteiger partial charge in [-0.1, -0.05) is 0 Å².